The van der Waals surface area contributed by atoms with Crippen LogP contribution in [0.3, 0.4) is 0 Å². The van der Waals surface area contributed by atoms with Gasteiger partial charge in [-0.25, -0.2) is 0 Å². The van der Waals surface area contributed by atoms with Gasteiger partial charge in [0.1, 0.15) is 5.75 Å². The molecule has 0 aliphatic heterocycles. The number of carbonyl (C=O) groups is 1. The number of rotatable bonds is 5. The van der Waals surface area contributed by atoms with Crippen molar-refractivity contribution in [1.29, 1.82) is 0 Å². The quantitative estimate of drug-likeness (QED) is 0.867. The molecule has 5 heteroatoms. The van der Waals surface area contributed by atoms with Crippen molar-refractivity contribution in [3.63, 3.8) is 0 Å². The molecule has 17 heavy (non-hydrogen) atoms. The van der Waals surface area contributed by atoms with Crippen LogP contribution < -0.4 is 5.32 Å². The Morgan fingerprint density at radius 3 is 2.94 bits per heavy atom. The first-order valence-corrected chi connectivity index (χ1v) is 7.10. The molecule has 3 nitrogen and oxygen atoms in total. The highest BCUT2D eigenvalue weighted by Crippen LogP contribution is 2.21. The van der Waals surface area contributed by atoms with Gasteiger partial charge in [-0.05, 0) is 43.6 Å². The van der Waals surface area contributed by atoms with E-state index in [0.29, 0.717) is 10.6 Å². The molecule has 1 amide bonds. The van der Waals surface area contributed by atoms with E-state index in [0.717, 1.165) is 12.2 Å². The van der Waals surface area contributed by atoms with Gasteiger partial charge < -0.3 is 10.4 Å². The average molecular weight is 274 g/mol. The summed E-state index contributed by atoms with van der Waals surface area (Å²) in [5.74, 6) is 0.783. The van der Waals surface area contributed by atoms with Gasteiger partial charge in [-0.2, -0.15) is 11.8 Å². The standard InChI is InChI=1S/C12H16ClNO2S/c1-8(5-6-17-2)14-12(16)10-7-9(15)3-4-11(10)13/h3-4,7-8,15H,5-6H2,1-2H3,(H,14,16). The molecule has 1 aromatic carbocycles. The Kier molecular flexibility index (Phi) is 5.65. The molecule has 0 fully saturated rings. The van der Waals surface area contributed by atoms with Gasteiger partial charge in [-0.3, -0.25) is 4.79 Å². The van der Waals surface area contributed by atoms with E-state index in [1.165, 1.54) is 18.2 Å². The van der Waals surface area contributed by atoms with Crippen LogP contribution in [-0.4, -0.2) is 29.1 Å². The van der Waals surface area contributed by atoms with E-state index in [9.17, 15) is 9.90 Å². The number of hydrogen-bond donors (Lipinski definition) is 2. The van der Waals surface area contributed by atoms with Crippen LogP contribution in [0.4, 0.5) is 0 Å². The predicted molar refractivity (Wildman–Crippen MR) is 73.0 cm³/mol. The molecule has 0 heterocycles. The first kappa shape index (κ1) is 14.2. The summed E-state index contributed by atoms with van der Waals surface area (Å²) in [6, 6.07) is 4.43. The Morgan fingerprint density at radius 2 is 2.29 bits per heavy atom. The second-order valence-corrected chi connectivity index (χ2v) is 5.21. The minimum absolute atomic E-state index is 0.0383. The zero-order valence-electron chi connectivity index (χ0n) is 9.87. The van der Waals surface area contributed by atoms with Crippen molar-refractivity contribution >= 4 is 29.3 Å². The second kappa shape index (κ2) is 6.77. The van der Waals surface area contributed by atoms with Crippen molar-refractivity contribution in [2.75, 3.05) is 12.0 Å². The molecule has 0 saturated carbocycles. The van der Waals surface area contributed by atoms with Crippen LogP contribution in [0.5, 0.6) is 5.75 Å². The molecule has 1 atom stereocenters. The van der Waals surface area contributed by atoms with E-state index in [2.05, 4.69) is 5.32 Å². The first-order chi connectivity index (χ1) is 8.04. The van der Waals surface area contributed by atoms with Gasteiger partial charge in [-0.15, -0.1) is 0 Å². The number of phenolic OH excluding ortho intramolecular Hbond substituents is 1. The molecule has 0 bridgehead atoms. The Morgan fingerprint density at radius 1 is 1.59 bits per heavy atom. The smallest absolute Gasteiger partial charge is 0.253 e. The first-order valence-electron chi connectivity index (χ1n) is 5.33. The van der Waals surface area contributed by atoms with Crippen LogP contribution in [0.25, 0.3) is 0 Å². The van der Waals surface area contributed by atoms with Crippen molar-refractivity contribution in [2.45, 2.75) is 19.4 Å². The van der Waals surface area contributed by atoms with Gasteiger partial charge in [0.15, 0.2) is 0 Å². The number of phenols is 1. The van der Waals surface area contributed by atoms with Crippen LogP contribution in [0.2, 0.25) is 5.02 Å². The fraction of sp³-hybridized carbons (Fsp3) is 0.417. The van der Waals surface area contributed by atoms with Crippen molar-refractivity contribution < 1.29 is 9.90 Å². The minimum Gasteiger partial charge on any atom is -0.508 e. The Bertz CT molecular complexity index is 398. The third-order valence-corrected chi connectivity index (χ3v) is 3.30. The topological polar surface area (TPSA) is 49.3 Å². The van der Waals surface area contributed by atoms with Crippen LogP contribution >= 0.6 is 23.4 Å². The lowest BCUT2D eigenvalue weighted by Crippen LogP contribution is -2.33. The van der Waals surface area contributed by atoms with Crippen molar-refractivity contribution in [1.82, 2.24) is 5.32 Å². The predicted octanol–water partition coefficient (Wildman–Crippen LogP) is 2.92. The molecule has 0 aliphatic rings. The number of hydrogen-bond acceptors (Lipinski definition) is 3. The zero-order chi connectivity index (χ0) is 12.8. The molecule has 1 unspecified atom stereocenters. The normalized spacial score (nSPS) is 12.2. The summed E-state index contributed by atoms with van der Waals surface area (Å²) in [5, 5.41) is 12.5. The van der Waals surface area contributed by atoms with Gasteiger partial charge in [-0.1, -0.05) is 11.6 Å². The molecule has 0 spiro atoms. The molecular weight excluding hydrogens is 258 g/mol. The van der Waals surface area contributed by atoms with Crippen LogP contribution in [-0.2, 0) is 0 Å². The summed E-state index contributed by atoms with van der Waals surface area (Å²) in [4.78, 5) is 11.9. The highest BCUT2D eigenvalue weighted by Gasteiger charge is 2.13. The molecule has 1 rings (SSSR count). The van der Waals surface area contributed by atoms with Gasteiger partial charge in [0.2, 0.25) is 0 Å². The lowest BCUT2D eigenvalue weighted by molar-refractivity contribution is 0.0939. The number of nitrogens with one attached hydrogen (secondary N) is 1. The van der Waals surface area contributed by atoms with Crippen molar-refractivity contribution in [3.05, 3.63) is 28.8 Å². The van der Waals surface area contributed by atoms with E-state index in [-0.39, 0.29) is 17.7 Å². The summed E-state index contributed by atoms with van der Waals surface area (Å²) < 4.78 is 0. The van der Waals surface area contributed by atoms with Gasteiger partial charge >= 0.3 is 0 Å². The van der Waals surface area contributed by atoms with Gasteiger partial charge in [0, 0.05) is 6.04 Å². The largest absolute Gasteiger partial charge is 0.508 e. The number of halogens is 1. The van der Waals surface area contributed by atoms with Gasteiger partial charge in [0.05, 0.1) is 10.6 Å². The van der Waals surface area contributed by atoms with Crippen molar-refractivity contribution in [2.24, 2.45) is 0 Å². The Balaban J connectivity index is 2.66. The van der Waals surface area contributed by atoms with E-state index >= 15 is 0 Å². The summed E-state index contributed by atoms with van der Waals surface area (Å²) in [7, 11) is 0. The summed E-state index contributed by atoms with van der Waals surface area (Å²) >= 11 is 7.64. The van der Waals surface area contributed by atoms with E-state index in [1.807, 2.05) is 13.2 Å². The molecule has 0 aromatic heterocycles. The molecule has 94 valence electrons. The number of aromatic hydroxyl groups is 1. The Hall–Kier alpha value is -0.870. The lowest BCUT2D eigenvalue weighted by atomic mass is 10.1. The molecule has 1 aromatic rings. The zero-order valence-corrected chi connectivity index (χ0v) is 11.4. The summed E-state index contributed by atoms with van der Waals surface area (Å²) in [6.07, 6.45) is 2.93. The van der Waals surface area contributed by atoms with Crippen LogP contribution in [0.15, 0.2) is 18.2 Å². The van der Waals surface area contributed by atoms with E-state index < -0.39 is 0 Å². The third kappa shape index (κ3) is 4.48. The highest BCUT2D eigenvalue weighted by molar-refractivity contribution is 7.98. The van der Waals surface area contributed by atoms with Crippen molar-refractivity contribution in [3.8, 4) is 5.75 Å². The monoisotopic (exact) mass is 273 g/mol. The fourth-order valence-corrected chi connectivity index (χ4v) is 2.15. The third-order valence-electron chi connectivity index (χ3n) is 2.33. The molecule has 2 N–H and O–H groups in total. The maximum Gasteiger partial charge on any atom is 0.253 e. The number of carbonyl (C=O) groups excluding carboxylic acids is 1. The van der Waals surface area contributed by atoms with E-state index in [1.54, 1.807) is 11.8 Å². The second-order valence-electron chi connectivity index (χ2n) is 3.82. The molecule has 0 saturated heterocycles. The van der Waals surface area contributed by atoms with Crippen LogP contribution in [0.1, 0.15) is 23.7 Å². The SMILES string of the molecule is CSCCC(C)NC(=O)c1cc(O)ccc1Cl. The summed E-state index contributed by atoms with van der Waals surface area (Å²) in [5.41, 5.74) is 0.308. The molecule has 0 aliphatic carbocycles. The Labute approximate surface area is 111 Å². The maximum absolute atomic E-state index is 11.9. The minimum atomic E-state index is -0.250. The number of thioether (sulfide) groups is 1. The van der Waals surface area contributed by atoms with Crippen LogP contribution in [0, 0.1) is 0 Å². The summed E-state index contributed by atoms with van der Waals surface area (Å²) in [6.45, 7) is 1.95. The lowest BCUT2D eigenvalue weighted by Gasteiger charge is -2.13. The van der Waals surface area contributed by atoms with E-state index in [4.69, 9.17) is 11.6 Å². The molecular formula is C12H16ClNO2S. The average Bonchev–Trinajstić information content (AvgIpc) is 2.29. The maximum atomic E-state index is 11.9. The highest BCUT2D eigenvalue weighted by atomic mass is 35.5. The number of amides is 1. The fourth-order valence-electron chi connectivity index (χ4n) is 1.36. The number of benzene rings is 1. The molecule has 0 radical (unpaired) electrons. The van der Waals surface area contributed by atoms with Gasteiger partial charge in [0.25, 0.3) is 5.91 Å².